The minimum absolute atomic E-state index is 0.0692. The number of hydrogen-bond acceptors (Lipinski definition) is 4. The maximum atomic E-state index is 12.4. The van der Waals surface area contributed by atoms with Crippen LogP contribution >= 0.6 is 0 Å². The summed E-state index contributed by atoms with van der Waals surface area (Å²) < 4.78 is 5.53. The lowest BCUT2D eigenvalue weighted by molar-refractivity contribution is -0.0858. The van der Waals surface area contributed by atoms with E-state index < -0.39 is 0 Å². The van der Waals surface area contributed by atoms with E-state index in [0.717, 1.165) is 5.56 Å². The number of carbonyl (C=O) groups excluding carboxylic acids is 1. The van der Waals surface area contributed by atoms with Gasteiger partial charge in [0.05, 0.1) is 18.8 Å². The molecule has 5 nitrogen and oxygen atoms in total. The Kier molecular flexibility index (Phi) is 4.07. The SMILES string of the molecule is Cc1ccc(C(=O)N2CC(C)OC(CO)C2)cc1N. The minimum Gasteiger partial charge on any atom is -0.398 e. The predicted molar refractivity (Wildman–Crippen MR) is 72.9 cm³/mol. The van der Waals surface area contributed by atoms with Crippen molar-refractivity contribution in [1.82, 2.24) is 4.90 Å². The average molecular weight is 264 g/mol. The van der Waals surface area contributed by atoms with E-state index in [4.69, 9.17) is 10.5 Å². The van der Waals surface area contributed by atoms with Gasteiger partial charge in [-0.15, -0.1) is 0 Å². The van der Waals surface area contributed by atoms with E-state index in [0.29, 0.717) is 24.3 Å². The smallest absolute Gasteiger partial charge is 0.254 e. The van der Waals surface area contributed by atoms with Crippen LogP contribution in [0.15, 0.2) is 18.2 Å². The molecule has 1 aromatic rings. The second-order valence-corrected chi connectivity index (χ2v) is 5.03. The second kappa shape index (κ2) is 5.59. The van der Waals surface area contributed by atoms with Crippen LogP contribution in [0.25, 0.3) is 0 Å². The fourth-order valence-electron chi connectivity index (χ4n) is 2.27. The first-order valence-electron chi connectivity index (χ1n) is 6.43. The number of rotatable bonds is 2. The average Bonchev–Trinajstić information content (AvgIpc) is 2.40. The number of anilines is 1. The zero-order valence-corrected chi connectivity index (χ0v) is 11.3. The van der Waals surface area contributed by atoms with Crippen molar-refractivity contribution in [2.24, 2.45) is 0 Å². The standard InChI is InChI=1S/C14H20N2O3/c1-9-3-4-11(5-13(9)15)14(18)16-6-10(2)19-12(7-16)8-17/h3-5,10,12,17H,6-8,15H2,1-2H3. The molecule has 1 aliphatic heterocycles. The molecular formula is C14H20N2O3. The Morgan fingerprint density at radius 2 is 2.26 bits per heavy atom. The number of nitrogen functional groups attached to an aromatic ring is 1. The van der Waals surface area contributed by atoms with Gasteiger partial charge in [-0.3, -0.25) is 4.79 Å². The molecule has 0 spiro atoms. The summed E-state index contributed by atoms with van der Waals surface area (Å²) in [5, 5.41) is 9.18. The largest absolute Gasteiger partial charge is 0.398 e. The molecule has 0 saturated carbocycles. The molecule has 2 unspecified atom stereocenters. The first-order chi connectivity index (χ1) is 9.01. The number of nitrogens with zero attached hydrogens (tertiary/aromatic N) is 1. The predicted octanol–water partition coefficient (Wildman–Crippen LogP) is 0.799. The number of morpholine rings is 1. The molecule has 3 N–H and O–H groups in total. The van der Waals surface area contributed by atoms with Gasteiger partial charge in [-0.2, -0.15) is 0 Å². The highest BCUT2D eigenvalue weighted by Gasteiger charge is 2.28. The molecule has 1 fully saturated rings. The highest BCUT2D eigenvalue weighted by Crippen LogP contribution is 2.18. The normalized spacial score (nSPS) is 23.4. The quantitative estimate of drug-likeness (QED) is 0.775. The number of aryl methyl sites for hydroxylation is 1. The fourth-order valence-corrected chi connectivity index (χ4v) is 2.27. The zero-order valence-electron chi connectivity index (χ0n) is 11.3. The molecule has 0 aromatic heterocycles. The number of benzene rings is 1. The number of aliphatic hydroxyl groups is 1. The van der Waals surface area contributed by atoms with E-state index in [9.17, 15) is 9.90 Å². The van der Waals surface area contributed by atoms with E-state index in [2.05, 4.69) is 0 Å². The Labute approximate surface area is 113 Å². The number of nitrogens with two attached hydrogens (primary N) is 1. The summed E-state index contributed by atoms with van der Waals surface area (Å²) in [5.41, 5.74) is 7.99. The van der Waals surface area contributed by atoms with E-state index in [1.54, 1.807) is 17.0 Å². The summed E-state index contributed by atoms with van der Waals surface area (Å²) >= 11 is 0. The summed E-state index contributed by atoms with van der Waals surface area (Å²) in [6, 6.07) is 5.32. The maximum Gasteiger partial charge on any atom is 0.254 e. The molecular weight excluding hydrogens is 244 g/mol. The highest BCUT2D eigenvalue weighted by molar-refractivity contribution is 5.95. The van der Waals surface area contributed by atoms with Gasteiger partial charge in [-0.25, -0.2) is 0 Å². The van der Waals surface area contributed by atoms with Gasteiger partial charge in [-0.05, 0) is 31.5 Å². The molecule has 5 heteroatoms. The summed E-state index contributed by atoms with van der Waals surface area (Å²) in [6.45, 7) is 4.66. The van der Waals surface area contributed by atoms with Gasteiger partial charge in [0.15, 0.2) is 0 Å². The van der Waals surface area contributed by atoms with Gasteiger partial charge in [-0.1, -0.05) is 6.07 Å². The van der Waals surface area contributed by atoms with Crippen LogP contribution in [0.1, 0.15) is 22.8 Å². The third kappa shape index (κ3) is 3.05. The van der Waals surface area contributed by atoms with Gasteiger partial charge in [0.25, 0.3) is 5.91 Å². The van der Waals surface area contributed by atoms with Crippen molar-refractivity contribution in [3.8, 4) is 0 Å². The van der Waals surface area contributed by atoms with Gasteiger partial charge in [0.2, 0.25) is 0 Å². The Morgan fingerprint density at radius 3 is 2.89 bits per heavy atom. The molecule has 0 aliphatic carbocycles. The molecule has 1 amide bonds. The summed E-state index contributed by atoms with van der Waals surface area (Å²) in [6.07, 6.45) is -0.381. The zero-order chi connectivity index (χ0) is 14.0. The Morgan fingerprint density at radius 1 is 1.53 bits per heavy atom. The van der Waals surface area contributed by atoms with Crippen molar-refractivity contribution >= 4 is 11.6 Å². The molecule has 0 bridgehead atoms. The Bertz CT molecular complexity index is 476. The van der Waals surface area contributed by atoms with Gasteiger partial charge < -0.3 is 20.5 Å². The van der Waals surface area contributed by atoms with Crippen molar-refractivity contribution < 1.29 is 14.6 Å². The van der Waals surface area contributed by atoms with E-state index in [1.165, 1.54) is 0 Å². The molecule has 104 valence electrons. The lowest BCUT2D eigenvalue weighted by Gasteiger charge is -2.36. The fraction of sp³-hybridized carbons (Fsp3) is 0.500. The van der Waals surface area contributed by atoms with Crippen LogP contribution in [-0.2, 0) is 4.74 Å². The third-order valence-corrected chi connectivity index (χ3v) is 3.34. The number of carbonyl (C=O) groups is 1. The number of amides is 1. The lowest BCUT2D eigenvalue weighted by Crippen LogP contribution is -2.50. The van der Waals surface area contributed by atoms with Crippen molar-refractivity contribution in [1.29, 1.82) is 0 Å². The number of aliphatic hydroxyl groups excluding tert-OH is 1. The summed E-state index contributed by atoms with van der Waals surface area (Å²) in [4.78, 5) is 14.1. The topological polar surface area (TPSA) is 75.8 Å². The Balaban J connectivity index is 2.16. The van der Waals surface area contributed by atoms with Crippen molar-refractivity contribution in [3.05, 3.63) is 29.3 Å². The first-order valence-corrected chi connectivity index (χ1v) is 6.43. The molecule has 0 radical (unpaired) electrons. The highest BCUT2D eigenvalue weighted by atomic mass is 16.5. The monoisotopic (exact) mass is 264 g/mol. The minimum atomic E-state index is -0.310. The maximum absolute atomic E-state index is 12.4. The van der Waals surface area contributed by atoms with Crippen LogP contribution in [0, 0.1) is 6.92 Å². The summed E-state index contributed by atoms with van der Waals surface area (Å²) in [7, 11) is 0. The van der Waals surface area contributed by atoms with Crippen molar-refractivity contribution in [2.75, 3.05) is 25.4 Å². The van der Waals surface area contributed by atoms with Gasteiger partial charge in [0, 0.05) is 24.3 Å². The second-order valence-electron chi connectivity index (χ2n) is 5.03. The first kappa shape index (κ1) is 13.8. The van der Waals surface area contributed by atoms with Crippen LogP contribution in [0.3, 0.4) is 0 Å². The Hall–Kier alpha value is -1.59. The van der Waals surface area contributed by atoms with E-state index in [1.807, 2.05) is 19.9 Å². The molecule has 19 heavy (non-hydrogen) atoms. The third-order valence-electron chi connectivity index (χ3n) is 3.34. The molecule has 2 rings (SSSR count). The van der Waals surface area contributed by atoms with Crippen LogP contribution in [0.4, 0.5) is 5.69 Å². The van der Waals surface area contributed by atoms with Crippen LogP contribution < -0.4 is 5.73 Å². The van der Waals surface area contributed by atoms with Crippen LogP contribution in [0.5, 0.6) is 0 Å². The summed E-state index contributed by atoms with van der Waals surface area (Å²) in [5.74, 6) is -0.0692. The molecule has 1 aromatic carbocycles. The molecule has 2 atom stereocenters. The molecule has 1 aliphatic rings. The van der Waals surface area contributed by atoms with E-state index >= 15 is 0 Å². The molecule has 1 saturated heterocycles. The molecule has 1 heterocycles. The number of ether oxygens (including phenoxy) is 1. The van der Waals surface area contributed by atoms with Gasteiger partial charge >= 0.3 is 0 Å². The van der Waals surface area contributed by atoms with Crippen molar-refractivity contribution in [3.63, 3.8) is 0 Å². The van der Waals surface area contributed by atoms with E-state index in [-0.39, 0.29) is 24.7 Å². The van der Waals surface area contributed by atoms with Gasteiger partial charge in [0.1, 0.15) is 0 Å². The number of hydrogen-bond donors (Lipinski definition) is 2. The van der Waals surface area contributed by atoms with Crippen LogP contribution in [-0.4, -0.2) is 47.8 Å². The van der Waals surface area contributed by atoms with Crippen molar-refractivity contribution in [2.45, 2.75) is 26.1 Å². The lowest BCUT2D eigenvalue weighted by atomic mass is 10.1. The van der Waals surface area contributed by atoms with Crippen LogP contribution in [0.2, 0.25) is 0 Å².